The van der Waals surface area contributed by atoms with Gasteiger partial charge in [0.2, 0.25) is 0 Å². The number of nitriles is 1. The van der Waals surface area contributed by atoms with Crippen molar-refractivity contribution >= 4 is 15.9 Å². The summed E-state index contributed by atoms with van der Waals surface area (Å²) in [6.07, 6.45) is 1.58. The average Bonchev–Trinajstić information content (AvgIpc) is 2.45. The van der Waals surface area contributed by atoms with E-state index in [1.165, 1.54) is 0 Å². The smallest absolute Gasteiger partial charge is 0.147 e. The van der Waals surface area contributed by atoms with Crippen molar-refractivity contribution in [1.82, 2.24) is 4.98 Å². The Morgan fingerprint density at radius 2 is 2.20 bits per heavy atom. The van der Waals surface area contributed by atoms with Gasteiger partial charge in [0.25, 0.3) is 0 Å². The molecule has 0 aliphatic rings. The fourth-order valence-corrected chi connectivity index (χ4v) is 2.55. The van der Waals surface area contributed by atoms with Crippen LogP contribution in [0, 0.1) is 18.3 Å². The van der Waals surface area contributed by atoms with Crippen molar-refractivity contribution in [2.75, 3.05) is 0 Å². The number of ether oxygens (including phenoxy) is 1. The molecule has 2 rings (SSSR count). The molecular formula is C15H13BrN2O2. The lowest BCUT2D eigenvalue weighted by atomic mass is 10.1. The number of pyridine rings is 1. The number of aromatic nitrogens is 1. The van der Waals surface area contributed by atoms with Gasteiger partial charge in [0.1, 0.15) is 24.1 Å². The Bertz CT molecular complexity index is 665. The van der Waals surface area contributed by atoms with Gasteiger partial charge in [-0.1, -0.05) is 22.0 Å². The maximum atomic E-state index is 9.40. The summed E-state index contributed by atoms with van der Waals surface area (Å²) in [5.41, 5.74) is 2.71. The Labute approximate surface area is 125 Å². The third-order valence-electron chi connectivity index (χ3n) is 2.86. The minimum atomic E-state index is -0.103. The van der Waals surface area contributed by atoms with Gasteiger partial charge < -0.3 is 9.84 Å². The van der Waals surface area contributed by atoms with Gasteiger partial charge in [-0.15, -0.1) is 0 Å². The van der Waals surface area contributed by atoms with Crippen molar-refractivity contribution < 1.29 is 9.84 Å². The normalized spacial score (nSPS) is 10.1. The van der Waals surface area contributed by atoms with Crippen molar-refractivity contribution in [3.8, 4) is 11.8 Å². The van der Waals surface area contributed by atoms with Gasteiger partial charge in [0.15, 0.2) is 0 Å². The van der Waals surface area contributed by atoms with E-state index < -0.39 is 0 Å². The average molecular weight is 333 g/mol. The number of aliphatic hydroxyl groups is 1. The predicted octanol–water partition coefficient (Wildman–Crippen LogP) is 3.10. The first-order valence-corrected chi connectivity index (χ1v) is 6.81. The van der Waals surface area contributed by atoms with Gasteiger partial charge in [-0.25, -0.2) is 4.98 Å². The molecule has 0 amide bonds. The first kappa shape index (κ1) is 14.5. The lowest BCUT2D eigenvalue weighted by Crippen LogP contribution is -2.03. The van der Waals surface area contributed by atoms with E-state index in [-0.39, 0.29) is 13.2 Å². The highest BCUT2D eigenvalue weighted by Crippen LogP contribution is 2.29. The van der Waals surface area contributed by atoms with Crippen LogP contribution in [-0.4, -0.2) is 10.1 Å². The van der Waals surface area contributed by atoms with Gasteiger partial charge >= 0.3 is 0 Å². The molecule has 102 valence electrons. The summed E-state index contributed by atoms with van der Waals surface area (Å²) in [5.74, 6) is 0.642. The lowest BCUT2D eigenvalue weighted by Gasteiger charge is -2.14. The molecule has 4 nitrogen and oxygen atoms in total. The predicted molar refractivity (Wildman–Crippen MR) is 78.1 cm³/mol. The molecule has 5 heteroatoms. The van der Waals surface area contributed by atoms with E-state index in [2.05, 4.69) is 20.9 Å². The molecule has 0 atom stereocenters. The third-order valence-corrected chi connectivity index (χ3v) is 3.31. The van der Waals surface area contributed by atoms with Gasteiger partial charge in [-0.3, -0.25) is 0 Å². The molecule has 0 unspecified atom stereocenters. The summed E-state index contributed by atoms with van der Waals surface area (Å²) >= 11 is 3.39. The largest absolute Gasteiger partial charge is 0.488 e. The van der Waals surface area contributed by atoms with Crippen molar-refractivity contribution in [3.63, 3.8) is 0 Å². The minimum absolute atomic E-state index is 0.103. The highest BCUT2D eigenvalue weighted by Gasteiger charge is 2.10. The van der Waals surface area contributed by atoms with E-state index in [1.54, 1.807) is 18.3 Å². The molecule has 2 aromatic rings. The van der Waals surface area contributed by atoms with E-state index in [9.17, 15) is 5.11 Å². The van der Waals surface area contributed by atoms with Crippen LogP contribution < -0.4 is 4.74 Å². The van der Waals surface area contributed by atoms with Crippen molar-refractivity contribution in [1.29, 1.82) is 5.26 Å². The number of hydrogen-bond donors (Lipinski definition) is 1. The molecule has 1 aromatic carbocycles. The number of aliphatic hydroxyl groups excluding tert-OH is 1. The minimum Gasteiger partial charge on any atom is -0.488 e. The SMILES string of the molecule is Cc1cc(Br)cc(CO)c1OCc1cccnc1C#N. The van der Waals surface area contributed by atoms with Crippen LogP contribution in [0.3, 0.4) is 0 Å². The molecular weight excluding hydrogens is 320 g/mol. The van der Waals surface area contributed by atoms with Gasteiger partial charge in [0.05, 0.1) is 6.61 Å². The second-order valence-corrected chi connectivity index (χ2v) is 5.20. The van der Waals surface area contributed by atoms with Crippen LogP contribution in [0.4, 0.5) is 0 Å². The van der Waals surface area contributed by atoms with Crippen LogP contribution in [0.1, 0.15) is 22.4 Å². The molecule has 0 aliphatic carbocycles. The Hall–Kier alpha value is -1.90. The molecule has 0 radical (unpaired) electrons. The number of hydrogen-bond acceptors (Lipinski definition) is 4. The number of benzene rings is 1. The van der Waals surface area contributed by atoms with Crippen LogP contribution in [0.15, 0.2) is 34.9 Å². The summed E-state index contributed by atoms with van der Waals surface area (Å²) < 4.78 is 6.66. The zero-order valence-corrected chi connectivity index (χ0v) is 12.5. The van der Waals surface area contributed by atoms with Crippen LogP contribution in [0.2, 0.25) is 0 Å². The van der Waals surface area contributed by atoms with Gasteiger partial charge in [0, 0.05) is 21.8 Å². The molecule has 0 bridgehead atoms. The van der Waals surface area contributed by atoms with E-state index in [0.29, 0.717) is 17.0 Å². The molecule has 0 saturated heterocycles. The van der Waals surface area contributed by atoms with E-state index in [4.69, 9.17) is 10.00 Å². The highest BCUT2D eigenvalue weighted by molar-refractivity contribution is 9.10. The van der Waals surface area contributed by atoms with Crippen LogP contribution >= 0.6 is 15.9 Å². The lowest BCUT2D eigenvalue weighted by molar-refractivity contribution is 0.257. The molecule has 0 aliphatic heterocycles. The Kier molecular flexibility index (Phi) is 4.72. The summed E-state index contributed by atoms with van der Waals surface area (Å²) in [5, 5.41) is 18.4. The molecule has 0 fully saturated rings. The fourth-order valence-electron chi connectivity index (χ4n) is 1.93. The third kappa shape index (κ3) is 3.16. The summed E-state index contributed by atoms with van der Waals surface area (Å²) in [4.78, 5) is 3.99. The number of halogens is 1. The topological polar surface area (TPSA) is 66.1 Å². The zero-order valence-electron chi connectivity index (χ0n) is 10.9. The monoisotopic (exact) mass is 332 g/mol. The van der Waals surface area contributed by atoms with Crippen LogP contribution in [-0.2, 0) is 13.2 Å². The maximum absolute atomic E-state index is 9.40. The van der Waals surface area contributed by atoms with Crippen molar-refractivity contribution in [2.45, 2.75) is 20.1 Å². The standard InChI is InChI=1S/C15H13BrN2O2/c1-10-5-13(16)6-12(8-19)15(10)20-9-11-3-2-4-18-14(11)7-17/h2-6,19H,8-9H2,1H3. The molecule has 20 heavy (non-hydrogen) atoms. The molecule has 1 N–H and O–H groups in total. The van der Waals surface area contributed by atoms with Crippen LogP contribution in [0.25, 0.3) is 0 Å². The van der Waals surface area contributed by atoms with Gasteiger partial charge in [-0.05, 0) is 30.7 Å². The first-order valence-electron chi connectivity index (χ1n) is 6.02. The van der Waals surface area contributed by atoms with E-state index in [1.807, 2.05) is 25.1 Å². The number of nitrogens with zero attached hydrogens (tertiary/aromatic N) is 2. The summed E-state index contributed by atoms with van der Waals surface area (Å²) in [7, 11) is 0. The second kappa shape index (κ2) is 6.51. The fraction of sp³-hybridized carbons (Fsp3) is 0.200. The van der Waals surface area contributed by atoms with Gasteiger partial charge in [-0.2, -0.15) is 5.26 Å². The quantitative estimate of drug-likeness (QED) is 0.934. The molecule has 1 aromatic heterocycles. The second-order valence-electron chi connectivity index (χ2n) is 4.28. The maximum Gasteiger partial charge on any atom is 0.147 e. The molecule has 0 spiro atoms. The molecule has 0 saturated carbocycles. The summed E-state index contributed by atoms with van der Waals surface area (Å²) in [6, 6.07) is 9.34. The number of aryl methyl sites for hydroxylation is 1. The Balaban J connectivity index is 2.25. The first-order chi connectivity index (χ1) is 9.65. The van der Waals surface area contributed by atoms with E-state index >= 15 is 0 Å². The zero-order chi connectivity index (χ0) is 14.5. The molecule has 1 heterocycles. The highest BCUT2D eigenvalue weighted by atomic mass is 79.9. The number of rotatable bonds is 4. The Morgan fingerprint density at radius 3 is 2.90 bits per heavy atom. The van der Waals surface area contributed by atoms with Crippen molar-refractivity contribution in [3.05, 3.63) is 57.3 Å². The van der Waals surface area contributed by atoms with Crippen LogP contribution in [0.5, 0.6) is 5.75 Å². The summed E-state index contributed by atoms with van der Waals surface area (Å²) in [6.45, 7) is 2.05. The van der Waals surface area contributed by atoms with Crippen molar-refractivity contribution in [2.24, 2.45) is 0 Å². The van der Waals surface area contributed by atoms with E-state index in [0.717, 1.165) is 15.6 Å². The Morgan fingerprint density at radius 1 is 1.40 bits per heavy atom.